The Balaban J connectivity index is 1.57. The normalized spacial score (nSPS) is 14.4. The average molecular weight is 433 g/mol. The Bertz CT molecular complexity index is 1320. The van der Waals surface area contributed by atoms with E-state index in [0.717, 1.165) is 44.3 Å². The Kier molecular flexibility index (Phi) is 4.82. The molecule has 0 saturated carbocycles. The number of hydrogen-bond acceptors (Lipinski definition) is 5. The predicted octanol–water partition coefficient (Wildman–Crippen LogP) is 3.97. The minimum atomic E-state index is -0.0383. The topological polar surface area (TPSA) is 78.0 Å². The molecule has 0 bridgehead atoms. The largest absolute Gasteiger partial charge is 0.352 e. The van der Waals surface area contributed by atoms with Crippen molar-refractivity contribution in [2.45, 2.75) is 6.92 Å². The number of aromatic nitrogens is 4. The number of nitrogens with one attached hydrogen (secondary N) is 1. The Morgan fingerprint density at radius 2 is 1.97 bits per heavy atom. The Labute approximate surface area is 184 Å². The molecule has 0 spiro atoms. The molecule has 3 heterocycles. The molecule has 31 heavy (non-hydrogen) atoms. The summed E-state index contributed by atoms with van der Waals surface area (Å²) >= 11 is 6.80. The third kappa shape index (κ3) is 3.31. The number of carbonyl (C=O) groups excluding carboxylic acids is 1. The van der Waals surface area contributed by atoms with Crippen molar-refractivity contribution in [3.05, 3.63) is 60.0 Å². The van der Waals surface area contributed by atoms with E-state index in [9.17, 15) is 4.79 Å². The fraction of sp³-hybridized carbons (Fsp3) is 0.217. The zero-order valence-corrected chi connectivity index (χ0v) is 17.9. The third-order valence-corrected chi connectivity index (χ3v) is 6.18. The summed E-state index contributed by atoms with van der Waals surface area (Å²) in [6, 6.07) is 8.05. The lowest BCUT2D eigenvalue weighted by Crippen LogP contribution is -2.48. The van der Waals surface area contributed by atoms with Gasteiger partial charge in [0.1, 0.15) is 12.1 Å². The average Bonchev–Trinajstić information content (AvgIpc) is 3.27. The zero-order valence-electron chi connectivity index (χ0n) is 17.1. The number of hydrogen-bond donors (Lipinski definition) is 1. The van der Waals surface area contributed by atoms with Gasteiger partial charge in [0.2, 0.25) is 5.91 Å². The first-order valence-electron chi connectivity index (χ1n) is 10.1. The van der Waals surface area contributed by atoms with E-state index in [2.05, 4.69) is 44.6 Å². The number of amides is 1. The van der Waals surface area contributed by atoms with Gasteiger partial charge in [-0.15, -0.1) is 0 Å². The van der Waals surface area contributed by atoms with Gasteiger partial charge in [0.25, 0.3) is 0 Å². The summed E-state index contributed by atoms with van der Waals surface area (Å²) in [5, 5.41) is 9.77. The van der Waals surface area contributed by atoms with Crippen LogP contribution in [-0.2, 0) is 4.79 Å². The second kappa shape index (κ2) is 7.67. The number of piperazine rings is 1. The molecule has 7 nitrogen and oxygen atoms in total. The van der Waals surface area contributed by atoms with Gasteiger partial charge in [-0.25, -0.2) is 9.97 Å². The number of anilines is 1. The van der Waals surface area contributed by atoms with Crippen LogP contribution in [0.5, 0.6) is 0 Å². The molecular formula is C23H21ClN6O. The molecule has 156 valence electrons. The van der Waals surface area contributed by atoms with Crippen molar-refractivity contribution in [2.24, 2.45) is 0 Å². The predicted molar refractivity (Wildman–Crippen MR) is 123 cm³/mol. The van der Waals surface area contributed by atoms with Crippen LogP contribution in [0.2, 0.25) is 5.02 Å². The minimum Gasteiger partial charge on any atom is -0.352 e. The molecule has 1 amide bonds. The number of rotatable bonds is 3. The molecule has 8 heteroatoms. The summed E-state index contributed by atoms with van der Waals surface area (Å²) in [6.45, 7) is 8.28. The highest BCUT2D eigenvalue weighted by atomic mass is 35.5. The molecule has 1 N–H and O–H groups in total. The van der Waals surface area contributed by atoms with Crippen LogP contribution < -0.4 is 4.90 Å². The Morgan fingerprint density at radius 1 is 1.16 bits per heavy atom. The first-order valence-corrected chi connectivity index (χ1v) is 10.5. The number of fused-ring (bicyclic) bond motifs is 2. The number of aromatic amines is 1. The van der Waals surface area contributed by atoms with E-state index >= 15 is 0 Å². The van der Waals surface area contributed by atoms with Crippen molar-refractivity contribution in [1.82, 2.24) is 25.1 Å². The minimum absolute atomic E-state index is 0.0383. The Morgan fingerprint density at radius 3 is 2.74 bits per heavy atom. The van der Waals surface area contributed by atoms with Gasteiger partial charge in [-0.1, -0.05) is 24.2 Å². The number of carbonyl (C=O) groups is 1. The van der Waals surface area contributed by atoms with Gasteiger partial charge in [-0.3, -0.25) is 9.89 Å². The number of halogens is 1. The monoisotopic (exact) mass is 432 g/mol. The molecule has 1 aliphatic heterocycles. The second-order valence-corrected chi connectivity index (χ2v) is 8.06. The van der Waals surface area contributed by atoms with Gasteiger partial charge in [0, 0.05) is 47.5 Å². The summed E-state index contributed by atoms with van der Waals surface area (Å²) in [7, 11) is 0. The molecule has 0 unspecified atom stereocenters. The van der Waals surface area contributed by atoms with Crippen molar-refractivity contribution in [3.63, 3.8) is 0 Å². The fourth-order valence-electron chi connectivity index (χ4n) is 4.26. The van der Waals surface area contributed by atoms with Crippen LogP contribution in [0.15, 0.2) is 49.4 Å². The molecule has 0 aliphatic carbocycles. The molecule has 2 aromatic heterocycles. The molecular weight excluding hydrogens is 412 g/mol. The highest BCUT2D eigenvalue weighted by Crippen LogP contribution is 2.39. The number of H-pyrrole nitrogens is 1. The maximum atomic E-state index is 11.9. The van der Waals surface area contributed by atoms with E-state index < -0.39 is 0 Å². The quantitative estimate of drug-likeness (QED) is 0.495. The van der Waals surface area contributed by atoms with Crippen molar-refractivity contribution >= 4 is 45.1 Å². The molecule has 1 saturated heterocycles. The standard InChI is InChI=1S/C23H21ClN6O/c1-3-21(31)29-6-8-30(9-7-29)23-16-10-18(24)15(11-20(16)25-13-26-23)22-14(2)4-5-19-17(22)12-27-28-19/h3-5,10-13H,1,6-9H2,2H3,(H,27,28). The Hall–Kier alpha value is -3.45. The van der Waals surface area contributed by atoms with Crippen LogP contribution in [0.3, 0.4) is 0 Å². The number of nitrogens with zero attached hydrogens (tertiary/aromatic N) is 5. The van der Waals surface area contributed by atoms with Gasteiger partial charge >= 0.3 is 0 Å². The van der Waals surface area contributed by atoms with Crippen LogP contribution in [-0.4, -0.2) is 57.2 Å². The summed E-state index contributed by atoms with van der Waals surface area (Å²) < 4.78 is 0. The molecule has 1 aliphatic rings. The summed E-state index contributed by atoms with van der Waals surface area (Å²) in [4.78, 5) is 24.9. The maximum Gasteiger partial charge on any atom is 0.246 e. The molecule has 2 aromatic carbocycles. The summed E-state index contributed by atoms with van der Waals surface area (Å²) in [6.07, 6.45) is 4.77. The second-order valence-electron chi connectivity index (χ2n) is 7.65. The molecule has 0 radical (unpaired) electrons. The van der Waals surface area contributed by atoms with Crippen molar-refractivity contribution in [2.75, 3.05) is 31.1 Å². The lowest BCUT2D eigenvalue weighted by molar-refractivity contribution is -0.126. The number of aryl methyl sites for hydroxylation is 1. The SMILES string of the molecule is C=CC(=O)N1CCN(c2ncnc3cc(-c4c(C)ccc5[nH]ncc45)c(Cl)cc23)CC1. The number of benzene rings is 2. The van der Waals surface area contributed by atoms with E-state index in [0.29, 0.717) is 31.2 Å². The van der Waals surface area contributed by atoms with Crippen molar-refractivity contribution in [1.29, 1.82) is 0 Å². The van der Waals surface area contributed by atoms with Crippen LogP contribution >= 0.6 is 11.6 Å². The van der Waals surface area contributed by atoms with E-state index in [-0.39, 0.29) is 5.91 Å². The van der Waals surface area contributed by atoms with Crippen LogP contribution in [0.25, 0.3) is 32.9 Å². The lowest BCUT2D eigenvalue weighted by Gasteiger charge is -2.35. The zero-order chi connectivity index (χ0) is 21.5. The highest BCUT2D eigenvalue weighted by molar-refractivity contribution is 6.35. The van der Waals surface area contributed by atoms with Gasteiger partial charge in [-0.05, 0) is 42.3 Å². The third-order valence-electron chi connectivity index (χ3n) is 5.87. The maximum absolute atomic E-state index is 11.9. The highest BCUT2D eigenvalue weighted by Gasteiger charge is 2.23. The van der Waals surface area contributed by atoms with Gasteiger partial charge in [-0.2, -0.15) is 5.10 Å². The van der Waals surface area contributed by atoms with E-state index in [1.807, 2.05) is 24.4 Å². The molecule has 5 rings (SSSR count). The first kappa shape index (κ1) is 19.5. The summed E-state index contributed by atoms with van der Waals surface area (Å²) in [5.41, 5.74) is 4.88. The first-order chi connectivity index (χ1) is 15.1. The molecule has 0 atom stereocenters. The van der Waals surface area contributed by atoms with Crippen molar-refractivity contribution in [3.8, 4) is 11.1 Å². The summed E-state index contributed by atoms with van der Waals surface area (Å²) in [5.74, 6) is 0.797. The van der Waals surface area contributed by atoms with Gasteiger partial charge < -0.3 is 9.80 Å². The molecule has 1 fully saturated rings. The van der Waals surface area contributed by atoms with Crippen molar-refractivity contribution < 1.29 is 4.79 Å². The lowest BCUT2D eigenvalue weighted by atomic mass is 9.96. The fourth-order valence-corrected chi connectivity index (χ4v) is 4.52. The van der Waals surface area contributed by atoms with E-state index in [1.54, 1.807) is 11.2 Å². The van der Waals surface area contributed by atoms with Gasteiger partial charge in [0.15, 0.2) is 0 Å². The van der Waals surface area contributed by atoms with Crippen LogP contribution in [0.4, 0.5) is 5.82 Å². The van der Waals surface area contributed by atoms with E-state index in [4.69, 9.17) is 11.6 Å². The van der Waals surface area contributed by atoms with Gasteiger partial charge in [0.05, 0.1) is 17.2 Å². The van der Waals surface area contributed by atoms with Crippen LogP contribution in [0.1, 0.15) is 5.56 Å². The van der Waals surface area contributed by atoms with Crippen LogP contribution in [0, 0.1) is 6.92 Å². The smallest absolute Gasteiger partial charge is 0.246 e. The van der Waals surface area contributed by atoms with E-state index in [1.165, 1.54) is 6.08 Å². The molecule has 4 aromatic rings.